The highest BCUT2D eigenvalue weighted by Gasteiger charge is 2.15. The second-order valence-corrected chi connectivity index (χ2v) is 5.75. The first-order chi connectivity index (χ1) is 12.7. The normalized spacial score (nSPS) is 12.1. The third kappa shape index (κ3) is 3.07. The minimum atomic E-state index is -0.937. The lowest BCUT2D eigenvalue weighted by Crippen LogP contribution is -2.10. The molecule has 4 aromatic rings. The van der Waals surface area contributed by atoms with Gasteiger partial charge in [-0.15, -0.1) is 0 Å². The number of fused-ring (bicyclic) bond motifs is 1. The van der Waals surface area contributed by atoms with Gasteiger partial charge in [0, 0.05) is 29.4 Å². The zero-order valence-electron chi connectivity index (χ0n) is 14.0. The number of pyridine rings is 2. The fraction of sp³-hybridized carbons (Fsp3) is 0.105. The lowest BCUT2D eigenvalue weighted by Gasteiger charge is -2.13. The molecule has 1 atom stereocenters. The van der Waals surface area contributed by atoms with E-state index in [1.165, 1.54) is 0 Å². The fourth-order valence-electron chi connectivity index (χ4n) is 2.77. The van der Waals surface area contributed by atoms with Crippen molar-refractivity contribution in [3.8, 4) is 17.0 Å². The van der Waals surface area contributed by atoms with Crippen molar-refractivity contribution >= 4 is 16.6 Å². The molecule has 0 spiro atoms. The highest BCUT2D eigenvalue weighted by Crippen LogP contribution is 2.28. The summed E-state index contributed by atoms with van der Waals surface area (Å²) in [6.45, 7) is 0. The van der Waals surface area contributed by atoms with Crippen LogP contribution in [0.4, 0.5) is 5.69 Å². The number of aliphatic hydroxyl groups excluding tert-OH is 1. The molecule has 0 amide bonds. The number of hydrogen-bond donors (Lipinski definition) is 3. The average Bonchev–Trinajstić information content (AvgIpc) is 3.12. The number of anilines is 1. The molecule has 7 nitrogen and oxygen atoms in total. The summed E-state index contributed by atoms with van der Waals surface area (Å²) in [6, 6.07) is 13.2. The number of ether oxygens (including phenoxy) is 1. The van der Waals surface area contributed by atoms with Gasteiger partial charge in [0.15, 0.2) is 6.23 Å². The molecule has 0 fully saturated rings. The predicted octanol–water partition coefficient (Wildman–Crippen LogP) is 3.13. The molecular weight excluding hydrogens is 330 g/mol. The average molecular weight is 347 g/mol. The topological polar surface area (TPSA) is 96.0 Å². The first kappa shape index (κ1) is 16.0. The Bertz CT molecular complexity index is 1020. The van der Waals surface area contributed by atoms with E-state index >= 15 is 0 Å². The van der Waals surface area contributed by atoms with Crippen LogP contribution in [0.5, 0.6) is 5.88 Å². The second kappa shape index (κ2) is 6.81. The van der Waals surface area contributed by atoms with Crippen molar-refractivity contribution < 1.29 is 9.84 Å². The Labute approximate surface area is 149 Å². The molecule has 0 aliphatic heterocycles. The first-order valence-corrected chi connectivity index (χ1v) is 8.07. The lowest BCUT2D eigenvalue weighted by molar-refractivity contribution is 0.204. The molecule has 130 valence electrons. The number of H-pyrrole nitrogens is 1. The number of nitrogens with zero attached hydrogens (tertiary/aromatic N) is 3. The zero-order valence-corrected chi connectivity index (χ0v) is 14.0. The number of aromatic amines is 1. The van der Waals surface area contributed by atoms with Gasteiger partial charge in [-0.25, -0.2) is 4.98 Å². The Balaban J connectivity index is 1.67. The largest absolute Gasteiger partial charge is 0.481 e. The van der Waals surface area contributed by atoms with Gasteiger partial charge in [-0.05, 0) is 35.9 Å². The van der Waals surface area contributed by atoms with Crippen LogP contribution >= 0.6 is 0 Å². The summed E-state index contributed by atoms with van der Waals surface area (Å²) in [4.78, 5) is 8.27. The maximum Gasteiger partial charge on any atom is 0.212 e. The first-order valence-electron chi connectivity index (χ1n) is 8.07. The Kier molecular flexibility index (Phi) is 4.20. The molecule has 0 aliphatic carbocycles. The number of aromatic nitrogens is 4. The fourth-order valence-corrected chi connectivity index (χ4v) is 2.77. The van der Waals surface area contributed by atoms with Crippen molar-refractivity contribution in [3.63, 3.8) is 0 Å². The highest BCUT2D eigenvalue weighted by molar-refractivity contribution is 5.87. The predicted molar refractivity (Wildman–Crippen MR) is 98.7 cm³/mol. The number of methoxy groups -OCH3 is 1. The molecule has 7 heteroatoms. The van der Waals surface area contributed by atoms with Gasteiger partial charge >= 0.3 is 0 Å². The van der Waals surface area contributed by atoms with Crippen LogP contribution in [0.1, 0.15) is 11.9 Å². The minimum Gasteiger partial charge on any atom is -0.481 e. The Hall–Kier alpha value is -3.45. The number of aliphatic hydroxyl groups is 1. The number of rotatable bonds is 5. The van der Waals surface area contributed by atoms with Gasteiger partial charge in [-0.2, -0.15) is 5.10 Å². The van der Waals surface area contributed by atoms with Crippen molar-refractivity contribution in [2.75, 3.05) is 12.4 Å². The smallest absolute Gasteiger partial charge is 0.212 e. The highest BCUT2D eigenvalue weighted by atomic mass is 16.5. The molecule has 3 N–H and O–H groups in total. The molecular formula is C19H17N5O2. The van der Waals surface area contributed by atoms with E-state index in [9.17, 15) is 5.11 Å². The lowest BCUT2D eigenvalue weighted by atomic mass is 10.0. The van der Waals surface area contributed by atoms with E-state index in [4.69, 9.17) is 4.74 Å². The Morgan fingerprint density at radius 3 is 2.73 bits per heavy atom. The van der Waals surface area contributed by atoms with E-state index in [0.717, 1.165) is 27.7 Å². The van der Waals surface area contributed by atoms with Crippen molar-refractivity contribution in [2.45, 2.75) is 6.23 Å². The second-order valence-electron chi connectivity index (χ2n) is 5.75. The van der Waals surface area contributed by atoms with Crippen LogP contribution in [0.2, 0.25) is 0 Å². The Morgan fingerprint density at radius 2 is 2.00 bits per heavy atom. The molecule has 26 heavy (non-hydrogen) atoms. The SMILES string of the molecule is COc1ccc(-c2ccc3n[nH]c(C(O)Nc4cccnc4)c3c2)cn1. The summed E-state index contributed by atoms with van der Waals surface area (Å²) in [5.74, 6) is 0.565. The summed E-state index contributed by atoms with van der Waals surface area (Å²) < 4.78 is 5.10. The van der Waals surface area contributed by atoms with E-state index in [-0.39, 0.29) is 0 Å². The van der Waals surface area contributed by atoms with Gasteiger partial charge in [0.05, 0.1) is 30.2 Å². The van der Waals surface area contributed by atoms with Gasteiger partial charge in [-0.3, -0.25) is 10.1 Å². The maximum atomic E-state index is 10.6. The van der Waals surface area contributed by atoms with Crippen molar-refractivity contribution in [3.05, 3.63) is 66.7 Å². The maximum absolute atomic E-state index is 10.6. The minimum absolute atomic E-state index is 0.565. The number of nitrogens with one attached hydrogen (secondary N) is 2. The standard InChI is InChI=1S/C19H17N5O2/c1-26-17-7-5-13(10-21-17)12-4-6-16-15(9-12)18(24-23-16)19(25)22-14-3-2-8-20-11-14/h2-11,19,22,25H,1H3,(H,23,24). The molecule has 0 saturated carbocycles. The number of hydrogen-bond acceptors (Lipinski definition) is 6. The van der Waals surface area contributed by atoms with Gasteiger partial charge in [0.25, 0.3) is 0 Å². The van der Waals surface area contributed by atoms with E-state index in [0.29, 0.717) is 11.6 Å². The molecule has 0 saturated heterocycles. The molecule has 0 radical (unpaired) electrons. The van der Waals surface area contributed by atoms with Gasteiger partial charge in [-0.1, -0.05) is 6.07 Å². The van der Waals surface area contributed by atoms with Gasteiger partial charge < -0.3 is 15.2 Å². The van der Waals surface area contributed by atoms with Crippen LogP contribution in [0.25, 0.3) is 22.0 Å². The van der Waals surface area contributed by atoms with Crippen molar-refractivity contribution in [2.24, 2.45) is 0 Å². The van der Waals surface area contributed by atoms with Gasteiger partial charge in [0.1, 0.15) is 0 Å². The summed E-state index contributed by atoms with van der Waals surface area (Å²) >= 11 is 0. The molecule has 3 aromatic heterocycles. The van der Waals surface area contributed by atoms with Crippen molar-refractivity contribution in [1.29, 1.82) is 0 Å². The van der Waals surface area contributed by atoms with Crippen LogP contribution < -0.4 is 10.1 Å². The molecule has 0 bridgehead atoms. The van der Waals surface area contributed by atoms with E-state index < -0.39 is 6.23 Å². The van der Waals surface area contributed by atoms with Crippen LogP contribution in [-0.2, 0) is 0 Å². The summed E-state index contributed by atoms with van der Waals surface area (Å²) in [5, 5.41) is 21.6. The van der Waals surface area contributed by atoms with E-state index in [2.05, 4.69) is 25.5 Å². The molecule has 4 rings (SSSR count). The van der Waals surface area contributed by atoms with Crippen LogP contribution in [0.3, 0.4) is 0 Å². The molecule has 3 heterocycles. The number of benzene rings is 1. The monoisotopic (exact) mass is 347 g/mol. The van der Waals surface area contributed by atoms with Crippen LogP contribution in [-0.4, -0.2) is 32.4 Å². The third-order valence-corrected chi connectivity index (χ3v) is 4.10. The Morgan fingerprint density at radius 1 is 1.12 bits per heavy atom. The summed E-state index contributed by atoms with van der Waals surface area (Å²) in [5.41, 5.74) is 4.01. The van der Waals surface area contributed by atoms with E-state index in [1.54, 1.807) is 31.8 Å². The molecule has 0 aliphatic rings. The van der Waals surface area contributed by atoms with E-state index in [1.807, 2.05) is 36.4 Å². The summed E-state index contributed by atoms with van der Waals surface area (Å²) in [7, 11) is 1.59. The summed E-state index contributed by atoms with van der Waals surface area (Å²) in [6.07, 6.45) is 4.15. The van der Waals surface area contributed by atoms with Crippen LogP contribution in [0, 0.1) is 0 Å². The molecule has 1 unspecified atom stereocenters. The zero-order chi connectivity index (χ0) is 17.9. The van der Waals surface area contributed by atoms with Crippen molar-refractivity contribution in [1.82, 2.24) is 20.2 Å². The third-order valence-electron chi connectivity index (χ3n) is 4.10. The van der Waals surface area contributed by atoms with Gasteiger partial charge in [0.2, 0.25) is 5.88 Å². The molecule has 1 aromatic carbocycles. The van der Waals surface area contributed by atoms with Crippen LogP contribution in [0.15, 0.2) is 61.1 Å². The quantitative estimate of drug-likeness (QED) is 0.480.